The molecule has 0 aliphatic rings. The lowest BCUT2D eigenvalue weighted by atomic mass is 10.1. The van der Waals surface area contributed by atoms with E-state index in [0.29, 0.717) is 12.1 Å². The molecule has 7 nitrogen and oxygen atoms in total. The Morgan fingerprint density at radius 3 is 1.95 bits per heavy atom. The van der Waals surface area contributed by atoms with Gasteiger partial charge in [-0.25, -0.2) is 8.42 Å². The lowest BCUT2D eigenvalue weighted by molar-refractivity contribution is -0.141. The van der Waals surface area contributed by atoms with Crippen LogP contribution in [0, 0.1) is 20.8 Å². The predicted octanol–water partition coefficient (Wildman–Crippen LogP) is 5.53. The van der Waals surface area contributed by atoms with Gasteiger partial charge in [0, 0.05) is 12.1 Å². The molecule has 0 aliphatic carbocycles. The van der Waals surface area contributed by atoms with E-state index in [0.717, 1.165) is 26.6 Å². The van der Waals surface area contributed by atoms with Gasteiger partial charge in [-0.15, -0.1) is 0 Å². The molecule has 8 heteroatoms. The lowest BCUT2D eigenvalue weighted by Crippen LogP contribution is -2.55. The van der Waals surface area contributed by atoms with Crippen molar-refractivity contribution in [1.29, 1.82) is 0 Å². The average Bonchev–Trinajstić information content (AvgIpc) is 2.87. The van der Waals surface area contributed by atoms with Crippen LogP contribution in [-0.2, 0) is 26.2 Å². The van der Waals surface area contributed by atoms with Crippen LogP contribution in [0.4, 0.5) is 5.69 Å². The molecule has 3 rings (SSSR count). The van der Waals surface area contributed by atoms with Crippen molar-refractivity contribution >= 4 is 27.5 Å². The molecule has 0 saturated carbocycles. The van der Waals surface area contributed by atoms with Gasteiger partial charge in [0.15, 0.2) is 0 Å². The third-order valence-corrected chi connectivity index (χ3v) is 8.25. The van der Waals surface area contributed by atoms with E-state index in [1.165, 1.54) is 17.0 Å². The second kappa shape index (κ2) is 12.7. The SMILES string of the molecule is CCC(C(=O)NC(C)(C)C)N(Cc1ccc(C)cc1)C(=O)CN(c1cc(C)cc(C)c1)S(=O)(=O)c1ccccc1. The molecule has 0 aromatic heterocycles. The first kappa shape index (κ1) is 30.9. The Bertz CT molecular complexity index is 1410. The summed E-state index contributed by atoms with van der Waals surface area (Å²) in [5.41, 5.74) is 3.59. The quantitative estimate of drug-likeness (QED) is 0.352. The topological polar surface area (TPSA) is 86.8 Å². The third kappa shape index (κ3) is 7.94. The van der Waals surface area contributed by atoms with Crippen molar-refractivity contribution in [3.05, 3.63) is 95.1 Å². The van der Waals surface area contributed by atoms with Crippen LogP contribution in [0.3, 0.4) is 0 Å². The fourth-order valence-electron chi connectivity index (χ4n) is 4.61. The van der Waals surface area contributed by atoms with E-state index in [9.17, 15) is 18.0 Å². The predicted molar refractivity (Wildman–Crippen MR) is 161 cm³/mol. The standard InChI is InChI=1S/C32H41N3O4S/c1-8-29(31(37)33-32(5,6)7)34(21-26-16-14-23(2)15-17-26)30(36)22-35(27-19-24(3)18-25(4)20-27)40(38,39)28-12-10-9-11-13-28/h9-20,29H,8,21-22H2,1-7H3,(H,33,37). The molecule has 40 heavy (non-hydrogen) atoms. The molecule has 1 unspecified atom stereocenters. The van der Waals surface area contributed by atoms with Crippen molar-refractivity contribution in [2.45, 2.75) is 77.9 Å². The van der Waals surface area contributed by atoms with Crippen LogP contribution in [0.15, 0.2) is 77.7 Å². The maximum absolute atomic E-state index is 14.2. The highest BCUT2D eigenvalue weighted by atomic mass is 32.2. The number of carbonyl (C=O) groups excluding carboxylic acids is 2. The highest BCUT2D eigenvalue weighted by molar-refractivity contribution is 7.92. The first-order valence-corrected chi connectivity index (χ1v) is 15.0. The van der Waals surface area contributed by atoms with Gasteiger partial charge in [-0.2, -0.15) is 0 Å². The largest absolute Gasteiger partial charge is 0.350 e. The Labute approximate surface area is 239 Å². The smallest absolute Gasteiger partial charge is 0.264 e. The Morgan fingerprint density at radius 1 is 0.850 bits per heavy atom. The molecule has 0 spiro atoms. The number of hydrogen-bond donors (Lipinski definition) is 1. The van der Waals surface area contributed by atoms with E-state index in [4.69, 9.17) is 0 Å². The molecule has 3 aromatic rings. The van der Waals surface area contributed by atoms with Crippen molar-refractivity contribution in [3.63, 3.8) is 0 Å². The molecule has 0 radical (unpaired) electrons. The zero-order valence-corrected chi connectivity index (χ0v) is 25.4. The van der Waals surface area contributed by atoms with Gasteiger partial charge in [0.1, 0.15) is 12.6 Å². The highest BCUT2D eigenvalue weighted by Gasteiger charge is 2.34. The van der Waals surface area contributed by atoms with Gasteiger partial charge in [0.05, 0.1) is 10.6 Å². The van der Waals surface area contributed by atoms with Crippen molar-refractivity contribution in [3.8, 4) is 0 Å². The van der Waals surface area contributed by atoms with Crippen LogP contribution in [0.5, 0.6) is 0 Å². The molecule has 1 atom stereocenters. The van der Waals surface area contributed by atoms with E-state index in [1.54, 1.807) is 30.3 Å². The number of hydrogen-bond acceptors (Lipinski definition) is 4. The van der Waals surface area contributed by atoms with Crippen LogP contribution in [0.25, 0.3) is 0 Å². The average molecular weight is 564 g/mol. The van der Waals surface area contributed by atoms with Gasteiger partial charge in [0.25, 0.3) is 10.0 Å². The van der Waals surface area contributed by atoms with Crippen molar-refractivity contribution in [2.24, 2.45) is 0 Å². The number of anilines is 1. The number of benzene rings is 3. The van der Waals surface area contributed by atoms with Crippen LogP contribution < -0.4 is 9.62 Å². The van der Waals surface area contributed by atoms with Crippen molar-refractivity contribution in [1.82, 2.24) is 10.2 Å². The van der Waals surface area contributed by atoms with E-state index < -0.39 is 34.1 Å². The number of rotatable bonds is 10. The van der Waals surface area contributed by atoms with E-state index in [2.05, 4.69) is 5.32 Å². The Kier molecular flexibility index (Phi) is 9.79. The van der Waals surface area contributed by atoms with Gasteiger partial charge in [-0.1, -0.05) is 61.0 Å². The Hall–Kier alpha value is -3.65. The van der Waals surface area contributed by atoms with Crippen LogP contribution in [-0.4, -0.2) is 43.3 Å². The molecule has 3 aromatic carbocycles. The molecular formula is C32H41N3O4S. The first-order chi connectivity index (χ1) is 18.7. The van der Waals surface area contributed by atoms with Crippen molar-refractivity contribution < 1.29 is 18.0 Å². The summed E-state index contributed by atoms with van der Waals surface area (Å²) in [6, 6.07) is 20.5. The van der Waals surface area contributed by atoms with Gasteiger partial charge >= 0.3 is 0 Å². The summed E-state index contributed by atoms with van der Waals surface area (Å²) < 4.78 is 29.0. The lowest BCUT2D eigenvalue weighted by Gasteiger charge is -2.35. The zero-order valence-electron chi connectivity index (χ0n) is 24.6. The first-order valence-electron chi connectivity index (χ1n) is 13.5. The number of nitrogens with one attached hydrogen (secondary N) is 1. The normalized spacial score (nSPS) is 12.5. The summed E-state index contributed by atoms with van der Waals surface area (Å²) in [4.78, 5) is 29.2. The summed E-state index contributed by atoms with van der Waals surface area (Å²) in [5, 5.41) is 2.99. The van der Waals surface area contributed by atoms with E-state index in [-0.39, 0.29) is 17.3 Å². The minimum Gasteiger partial charge on any atom is -0.350 e. The van der Waals surface area contributed by atoms with Gasteiger partial charge in [-0.3, -0.25) is 13.9 Å². The molecule has 0 saturated heterocycles. The summed E-state index contributed by atoms with van der Waals surface area (Å²) >= 11 is 0. The fraction of sp³-hybridized carbons (Fsp3) is 0.375. The van der Waals surface area contributed by atoms with E-state index >= 15 is 0 Å². The number of carbonyl (C=O) groups is 2. The highest BCUT2D eigenvalue weighted by Crippen LogP contribution is 2.27. The third-order valence-electron chi connectivity index (χ3n) is 6.46. The number of amides is 2. The second-order valence-electron chi connectivity index (χ2n) is 11.3. The monoisotopic (exact) mass is 563 g/mol. The Morgan fingerprint density at radius 2 is 1.43 bits per heavy atom. The van der Waals surface area contributed by atoms with E-state index in [1.807, 2.05) is 78.8 Å². The summed E-state index contributed by atoms with van der Waals surface area (Å²) in [6.07, 6.45) is 0.370. The minimum absolute atomic E-state index is 0.0876. The molecule has 0 fully saturated rings. The van der Waals surface area contributed by atoms with Gasteiger partial charge < -0.3 is 10.2 Å². The summed E-state index contributed by atoms with van der Waals surface area (Å²) in [5.74, 6) is -0.741. The maximum Gasteiger partial charge on any atom is 0.264 e. The van der Waals surface area contributed by atoms with Gasteiger partial charge in [0.2, 0.25) is 11.8 Å². The summed E-state index contributed by atoms with van der Waals surface area (Å²) in [6.45, 7) is 13.0. The van der Waals surface area contributed by atoms with Crippen LogP contribution in [0.1, 0.15) is 56.4 Å². The van der Waals surface area contributed by atoms with Crippen LogP contribution in [0.2, 0.25) is 0 Å². The van der Waals surface area contributed by atoms with Crippen molar-refractivity contribution in [2.75, 3.05) is 10.8 Å². The molecule has 0 aliphatic heterocycles. The summed E-state index contributed by atoms with van der Waals surface area (Å²) in [7, 11) is -4.09. The fourth-order valence-corrected chi connectivity index (χ4v) is 6.02. The molecule has 1 N–H and O–H groups in total. The molecule has 2 amide bonds. The molecule has 0 heterocycles. The van der Waals surface area contributed by atoms with Gasteiger partial charge in [-0.05, 0) is 88.9 Å². The van der Waals surface area contributed by atoms with Crippen LogP contribution >= 0.6 is 0 Å². The second-order valence-corrected chi connectivity index (χ2v) is 13.2. The number of sulfonamides is 1. The minimum atomic E-state index is -4.09. The number of aryl methyl sites for hydroxylation is 3. The maximum atomic E-state index is 14.2. The molecule has 0 bridgehead atoms. The molecule has 214 valence electrons. The molecular weight excluding hydrogens is 522 g/mol. The Balaban J connectivity index is 2.09. The number of nitrogens with zero attached hydrogens (tertiary/aromatic N) is 2. The zero-order chi connectivity index (χ0) is 29.7.